The zero-order chi connectivity index (χ0) is 14.3. The third-order valence-corrected chi connectivity index (χ3v) is 3.24. The molecule has 0 fully saturated rings. The number of nitrogens with zero attached hydrogens (tertiary/aromatic N) is 2. The molecule has 0 aliphatic heterocycles. The van der Waals surface area contributed by atoms with Crippen molar-refractivity contribution >= 4 is 27.5 Å². The van der Waals surface area contributed by atoms with E-state index in [-0.39, 0.29) is 11.9 Å². The maximum atomic E-state index is 11.9. The van der Waals surface area contributed by atoms with Gasteiger partial charge < -0.3 is 5.32 Å². The van der Waals surface area contributed by atoms with E-state index in [2.05, 4.69) is 27.3 Å². The molecule has 102 valence electrons. The second-order valence-corrected chi connectivity index (χ2v) is 5.44. The molecule has 0 aliphatic carbocycles. The Hall–Kier alpha value is -1.38. The van der Waals surface area contributed by atoms with Crippen molar-refractivity contribution in [1.29, 1.82) is 5.26 Å². The van der Waals surface area contributed by atoms with Crippen LogP contribution in [0, 0.1) is 11.3 Å². The van der Waals surface area contributed by atoms with Crippen LogP contribution in [-0.4, -0.2) is 29.9 Å². The number of hydrogen-bond donors (Lipinski definition) is 1. The summed E-state index contributed by atoms with van der Waals surface area (Å²) in [6, 6.07) is 9.79. The molecular weight excluding hydrogens is 306 g/mol. The van der Waals surface area contributed by atoms with Crippen LogP contribution in [0.3, 0.4) is 0 Å². The Morgan fingerprint density at radius 1 is 1.42 bits per heavy atom. The molecule has 0 saturated heterocycles. The molecule has 0 aliphatic rings. The minimum atomic E-state index is -0.0611. The smallest absolute Gasteiger partial charge is 0.238 e. The van der Waals surface area contributed by atoms with E-state index >= 15 is 0 Å². The van der Waals surface area contributed by atoms with E-state index in [1.807, 2.05) is 43.0 Å². The number of anilines is 1. The van der Waals surface area contributed by atoms with Crippen LogP contribution in [0.4, 0.5) is 5.69 Å². The molecule has 0 aromatic heterocycles. The summed E-state index contributed by atoms with van der Waals surface area (Å²) in [5, 5.41) is 11.5. The summed E-state index contributed by atoms with van der Waals surface area (Å²) in [6.45, 7) is 4.95. The van der Waals surface area contributed by atoms with Crippen LogP contribution in [0.1, 0.15) is 20.3 Å². The van der Waals surface area contributed by atoms with Gasteiger partial charge in [0, 0.05) is 29.2 Å². The first-order chi connectivity index (χ1) is 9.02. The SMILES string of the molecule is CC(C)N(CCC#N)CC(=O)Nc1ccc(Br)cc1. The van der Waals surface area contributed by atoms with Crippen LogP contribution in [0.15, 0.2) is 28.7 Å². The van der Waals surface area contributed by atoms with Crippen molar-refractivity contribution in [3.8, 4) is 6.07 Å². The molecule has 0 spiro atoms. The Balaban J connectivity index is 2.53. The highest BCUT2D eigenvalue weighted by molar-refractivity contribution is 9.10. The number of amides is 1. The number of rotatable bonds is 6. The maximum absolute atomic E-state index is 11.9. The third kappa shape index (κ3) is 5.86. The normalized spacial score (nSPS) is 10.5. The largest absolute Gasteiger partial charge is 0.325 e. The van der Waals surface area contributed by atoms with Crippen molar-refractivity contribution in [2.24, 2.45) is 0 Å². The highest BCUT2D eigenvalue weighted by Gasteiger charge is 2.13. The molecule has 4 nitrogen and oxygen atoms in total. The van der Waals surface area contributed by atoms with Crippen LogP contribution in [0.25, 0.3) is 0 Å². The molecule has 0 unspecified atom stereocenters. The van der Waals surface area contributed by atoms with Crippen molar-refractivity contribution in [2.75, 3.05) is 18.4 Å². The minimum Gasteiger partial charge on any atom is -0.325 e. The van der Waals surface area contributed by atoms with Crippen LogP contribution >= 0.6 is 15.9 Å². The lowest BCUT2D eigenvalue weighted by Gasteiger charge is -2.24. The molecular formula is C14H18BrN3O. The summed E-state index contributed by atoms with van der Waals surface area (Å²) in [5.41, 5.74) is 0.775. The first-order valence-corrected chi connectivity index (χ1v) is 6.98. The molecule has 0 saturated carbocycles. The van der Waals surface area contributed by atoms with Crippen LogP contribution in [0.5, 0.6) is 0 Å². The van der Waals surface area contributed by atoms with Gasteiger partial charge in [0.05, 0.1) is 12.6 Å². The van der Waals surface area contributed by atoms with Crippen molar-refractivity contribution in [2.45, 2.75) is 26.3 Å². The van der Waals surface area contributed by atoms with Gasteiger partial charge in [-0.1, -0.05) is 15.9 Å². The monoisotopic (exact) mass is 323 g/mol. The molecule has 19 heavy (non-hydrogen) atoms. The van der Waals surface area contributed by atoms with E-state index in [9.17, 15) is 4.79 Å². The second-order valence-electron chi connectivity index (χ2n) is 4.53. The number of halogens is 1. The Kier molecular flexibility index (Phi) is 6.54. The summed E-state index contributed by atoms with van der Waals surface area (Å²) in [5.74, 6) is -0.0611. The standard InChI is InChI=1S/C14H18BrN3O/c1-11(2)18(9-3-8-16)10-14(19)17-13-6-4-12(15)5-7-13/h4-7,11H,3,9-10H2,1-2H3,(H,17,19). The van der Waals surface area contributed by atoms with Crippen LogP contribution < -0.4 is 5.32 Å². The lowest BCUT2D eigenvalue weighted by Crippen LogP contribution is -2.38. The molecule has 1 aromatic rings. The van der Waals surface area contributed by atoms with Crippen molar-refractivity contribution in [3.05, 3.63) is 28.7 Å². The fourth-order valence-electron chi connectivity index (χ4n) is 1.63. The Labute approximate surface area is 122 Å². The average molecular weight is 324 g/mol. The molecule has 1 N–H and O–H groups in total. The fraction of sp³-hybridized carbons (Fsp3) is 0.429. The van der Waals surface area contributed by atoms with Gasteiger partial charge in [-0.25, -0.2) is 0 Å². The maximum Gasteiger partial charge on any atom is 0.238 e. The number of carbonyl (C=O) groups is 1. The molecule has 1 amide bonds. The average Bonchev–Trinajstić information content (AvgIpc) is 2.37. The molecule has 1 aromatic carbocycles. The van der Waals surface area contributed by atoms with Gasteiger partial charge >= 0.3 is 0 Å². The molecule has 0 radical (unpaired) electrons. The van der Waals surface area contributed by atoms with Gasteiger partial charge in [-0.15, -0.1) is 0 Å². The number of nitriles is 1. The first kappa shape index (κ1) is 15.7. The Morgan fingerprint density at radius 3 is 2.58 bits per heavy atom. The van der Waals surface area contributed by atoms with Gasteiger partial charge in [-0.05, 0) is 38.1 Å². The van der Waals surface area contributed by atoms with Crippen molar-refractivity contribution in [3.63, 3.8) is 0 Å². The van der Waals surface area contributed by atoms with Gasteiger partial charge in [-0.2, -0.15) is 5.26 Å². The van der Waals surface area contributed by atoms with E-state index in [1.54, 1.807) is 0 Å². The Morgan fingerprint density at radius 2 is 2.05 bits per heavy atom. The van der Waals surface area contributed by atoms with E-state index < -0.39 is 0 Å². The quantitative estimate of drug-likeness (QED) is 0.875. The van der Waals surface area contributed by atoms with Crippen molar-refractivity contribution < 1.29 is 4.79 Å². The highest BCUT2D eigenvalue weighted by Crippen LogP contribution is 2.14. The first-order valence-electron chi connectivity index (χ1n) is 6.19. The van der Waals surface area contributed by atoms with E-state index in [0.29, 0.717) is 19.5 Å². The minimum absolute atomic E-state index is 0.0611. The molecule has 5 heteroatoms. The molecule has 0 heterocycles. The van der Waals surface area contributed by atoms with Gasteiger partial charge in [-0.3, -0.25) is 9.69 Å². The van der Waals surface area contributed by atoms with E-state index in [1.165, 1.54) is 0 Å². The van der Waals surface area contributed by atoms with Gasteiger partial charge in [0.25, 0.3) is 0 Å². The van der Waals surface area contributed by atoms with Gasteiger partial charge in [0.2, 0.25) is 5.91 Å². The summed E-state index contributed by atoms with van der Waals surface area (Å²) < 4.78 is 0.975. The summed E-state index contributed by atoms with van der Waals surface area (Å²) in [6.07, 6.45) is 0.434. The zero-order valence-corrected chi connectivity index (χ0v) is 12.8. The summed E-state index contributed by atoms with van der Waals surface area (Å²) in [7, 11) is 0. The summed E-state index contributed by atoms with van der Waals surface area (Å²) in [4.78, 5) is 13.9. The number of nitrogens with one attached hydrogen (secondary N) is 1. The van der Waals surface area contributed by atoms with Crippen molar-refractivity contribution in [1.82, 2.24) is 4.90 Å². The lowest BCUT2D eigenvalue weighted by molar-refractivity contribution is -0.117. The van der Waals surface area contributed by atoms with E-state index in [0.717, 1.165) is 10.2 Å². The lowest BCUT2D eigenvalue weighted by atomic mass is 10.2. The Bertz CT molecular complexity index is 451. The zero-order valence-electron chi connectivity index (χ0n) is 11.2. The van der Waals surface area contributed by atoms with Gasteiger partial charge in [0.1, 0.15) is 0 Å². The fourth-order valence-corrected chi connectivity index (χ4v) is 1.90. The third-order valence-electron chi connectivity index (χ3n) is 2.72. The predicted octanol–water partition coefficient (Wildman–Crippen LogP) is 3.01. The number of hydrogen-bond acceptors (Lipinski definition) is 3. The molecule has 1 rings (SSSR count). The van der Waals surface area contributed by atoms with Gasteiger partial charge in [0.15, 0.2) is 0 Å². The summed E-state index contributed by atoms with van der Waals surface area (Å²) >= 11 is 3.35. The predicted molar refractivity (Wildman–Crippen MR) is 79.7 cm³/mol. The van der Waals surface area contributed by atoms with E-state index in [4.69, 9.17) is 5.26 Å². The number of benzene rings is 1. The number of carbonyl (C=O) groups excluding carboxylic acids is 1. The highest BCUT2D eigenvalue weighted by atomic mass is 79.9. The second kappa shape index (κ2) is 7.93. The van der Waals surface area contributed by atoms with Crippen LogP contribution in [-0.2, 0) is 4.79 Å². The molecule has 0 atom stereocenters. The molecule has 0 bridgehead atoms. The topological polar surface area (TPSA) is 56.1 Å². The van der Waals surface area contributed by atoms with Crippen LogP contribution in [0.2, 0.25) is 0 Å².